The molecule has 0 spiro atoms. The van der Waals surface area contributed by atoms with E-state index in [2.05, 4.69) is 10.3 Å². The number of halogens is 1. The Hall–Kier alpha value is -1.89. The summed E-state index contributed by atoms with van der Waals surface area (Å²) >= 11 is 0.739. The fourth-order valence-corrected chi connectivity index (χ4v) is 2.18. The van der Waals surface area contributed by atoms with Crippen molar-refractivity contribution in [3.8, 4) is 0 Å². The Labute approximate surface area is 106 Å². The summed E-state index contributed by atoms with van der Waals surface area (Å²) in [5.74, 6) is -1.41. The zero-order valence-corrected chi connectivity index (χ0v) is 9.87. The van der Waals surface area contributed by atoms with Crippen LogP contribution in [0.15, 0.2) is 29.3 Å². The summed E-state index contributed by atoms with van der Waals surface area (Å²) in [6.07, 6.45) is -0.129. The molecule has 0 aromatic heterocycles. The summed E-state index contributed by atoms with van der Waals surface area (Å²) < 4.78 is 12.6. The van der Waals surface area contributed by atoms with Crippen molar-refractivity contribution >= 4 is 34.5 Å². The largest absolute Gasteiger partial charge is 0.854 e. The average Bonchev–Trinajstić information content (AvgIpc) is 2.61. The van der Waals surface area contributed by atoms with E-state index in [9.17, 15) is 19.1 Å². The van der Waals surface area contributed by atoms with E-state index in [1.54, 1.807) is 0 Å². The molecule has 1 heterocycles. The van der Waals surface area contributed by atoms with Gasteiger partial charge in [0.1, 0.15) is 5.82 Å². The third kappa shape index (κ3) is 3.07. The maximum atomic E-state index is 12.6. The van der Waals surface area contributed by atoms with E-state index >= 15 is 0 Å². The molecule has 0 fully saturated rings. The Morgan fingerprint density at radius 2 is 2.11 bits per heavy atom. The molecule has 0 radical (unpaired) electrons. The van der Waals surface area contributed by atoms with Gasteiger partial charge in [0.15, 0.2) is 0 Å². The molecule has 1 N–H and O–H groups in total. The van der Waals surface area contributed by atoms with E-state index in [1.165, 1.54) is 24.3 Å². The third-order valence-electron chi connectivity index (χ3n) is 2.22. The summed E-state index contributed by atoms with van der Waals surface area (Å²) in [7, 11) is 0. The molecule has 1 aromatic carbocycles. The van der Waals surface area contributed by atoms with Gasteiger partial charge in [0.2, 0.25) is 5.91 Å². The number of benzene rings is 1. The predicted octanol–water partition coefficient (Wildman–Crippen LogP) is 0.513. The van der Waals surface area contributed by atoms with Crippen LogP contribution in [0.4, 0.5) is 10.1 Å². The lowest BCUT2D eigenvalue weighted by Crippen LogP contribution is -2.21. The standard InChI is InChI=1S/C11H9FN2O3S/c12-6-1-3-7(4-2-6)13-9(15)5-8-10(16)14-11(17)18-8/h1-4,8H,5H2,(H,13,15)(H,14,16,17)/p-1/t8-/m0/s1. The van der Waals surface area contributed by atoms with Crippen LogP contribution in [0.1, 0.15) is 6.42 Å². The molecule has 1 aliphatic rings. The number of thioether (sulfide) groups is 1. The number of aliphatic imine (C=N–C) groups is 1. The SMILES string of the molecule is O=C(C[C@@H]1SC([O-])=NC1=O)Nc1ccc(F)cc1. The first-order chi connectivity index (χ1) is 8.54. The molecular formula is C11H8FN2O3S-. The Morgan fingerprint density at radius 1 is 1.44 bits per heavy atom. The molecule has 2 rings (SSSR count). The van der Waals surface area contributed by atoms with Gasteiger partial charge in [0.25, 0.3) is 5.91 Å². The van der Waals surface area contributed by atoms with Crippen LogP contribution in [0.25, 0.3) is 0 Å². The lowest BCUT2D eigenvalue weighted by Gasteiger charge is -2.09. The molecule has 0 bridgehead atoms. The fraction of sp³-hybridized carbons (Fsp3) is 0.182. The molecule has 2 amide bonds. The first-order valence-corrected chi connectivity index (χ1v) is 5.94. The van der Waals surface area contributed by atoms with E-state index in [0.717, 1.165) is 11.8 Å². The number of nitrogens with zero attached hydrogens (tertiary/aromatic N) is 1. The van der Waals surface area contributed by atoms with Gasteiger partial charge in [-0.3, -0.25) is 9.59 Å². The van der Waals surface area contributed by atoms with E-state index in [4.69, 9.17) is 0 Å². The Morgan fingerprint density at radius 3 is 2.67 bits per heavy atom. The zero-order valence-electron chi connectivity index (χ0n) is 9.05. The monoisotopic (exact) mass is 267 g/mol. The normalized spacial score (nSPS) is 18.6. The van der Waals surface area contributed by atoms with Crippen LogP contribution < -0.4 is 10.4 Å². The summed E-state index contributed by atoms with van der Waals surface area (Å²) in [6.45, 7) is 0. The maximum Gasteiger partial charge on any atom is 0.259 e. The number of carbonyl (C=O) groups is 2. The van der Waals surface area contributed by atoms with Crippen molar-refractivity contribution in [3.63, 3.8) is 0 Å². The third-order valence-corrected chi connectivity index (χ3v) is 3.16. The minimum Gasteiger partial charge on any atom is -0.854 e. The molecule has 0 unspecified atom stereocenters. The van der Waals surface area contributed by atoms with Crippen LogP contribution in [0.3, 0.4) is 0 Å². The molecule has 18 heavy (non-hydrogen) atoms. The van der Waals surface area contributed by atoms with Gasteiger partial charge in [0, 0.05) is 17.3 Å². The molecule has 1 atom stereocenters. The lowest BCUT2D eigenvalue weighted by molar-refractivity contribution is -0.205. The minimum atomic E-state index is -0.752. The van der Waals surface area contributed by atoms with Gasteiger partial charge < -0.3 is 10.4 Å². The summed E-state index contributed by atoms with van der Waals surface area (Å²) in [6, 6.07) is 5.24. The Bertz CT molecular complexity index is 516. The van der Waals surface area contributed by atoms with Gasteiger partial charge in [0.05, 0.1) is 5.25 Å². The number of rotatable bonds is 3. The van der Waals surface area contributed by atoms with Gasteiger partial charge in [-0.15, -0.1) is 11.8 Å². The van der Waals surface area contributed by atoms with Gasteiger partial charge in [-0.25, -0.2) is 9.38 Å². The first kappa shape index (κ1) is 12.6. The second-order valence-corrected chi connectivity index (χ2v) is 4.74. The van der Waals surface area contributed by atoms with Gasteiger partial charge in [-0.1, -0.05) is 0 Å². The van der Waals surface area contributed by atoms with Crippen LogP contribution in [-0.4, -0.2) is 22.3 Å². The molecule has 94 valence electrons. The highest BCUT2D eigenvalue weighted by atomic mass is 32.2. The molecular weight excluding hydrogens is 259 g/mol. The lowest BCUT2D eigenvalue weighted by atomic mass is 10.2. The number of hydrogen-bond acceptors (Lipinski definition) is 4. The number of carbonyl (C=O) groups excluding carboxylic acids is 2. The molecule has 0 saturated heterocycles. The number of amides is 2. The van der Waals surface area contributed by atoms with Crippen molar-refractivity contribution in [3.05, 3.63) is 30.1 Å². The van der Waals surface area contributed by atoms with E-state index in [1.807, 2.05) is 0 Å². The molecule has 0 aliphatic carbocycles. The summed E-state index contributed by atoms with van der Waals surface area (Å²) in [5, 5.41) is 12.0. The summed E-state index contributed by atoms with van der Waals surface area (Å²) in [5.41, 5.74) is 0.431. The van der Waals surface area contributed by atoms with Gasteiger partial charge in [-0.05, 0) is 24.3 Å². The quantitative estimate of drug-likeness (QED) is 0.865. The average molecular weight is 267 g/mol. The topological polar surface area (TPSA) is 81.6 Å². The van der Waals surface area contributed by atoms with Crippen molar-refractivity contribution in [1.82, 2.24) is 0 Å². The van der Waals surface area contributed by atoms with Crippen LogP contribution in [0.2, 0.25) is 0 Å². The van der Waals surface area contributed by atoms with Crippen LogP contribution in [0.5, 0.6) is 0 Å². The van der Waals surface area contributed by atoms with E-state index < -0.39 is 28.1 Å². The fourth-order valence-electron chi connectivity index (χ4n) is 1.40. The van der Waals surface area contributed by atoms with Crippen molar-refractivity contribution in [2.24, 2.45) is 4.99 Å². The smallest absolute Gasteiger partial charge is 0.259 e. The van der Waals surface area contributed by atoms with Crippen molar-refractivity contribution in [2.45, 2.75) is 11.7 Å². The Balaban J connectivity index is 1.90. The maximum absolute atomic E-state index is 12.6. The van der Waals surface area contributed by atoms with Crippen LogP contribution in [-0.2, 0) is 9.59 Å². The van der Waals surface area contributed by atoms with Crippen molar-refractivity contribution in [1.29, 1.82) is 0 Å². The van der Waals surface area contributed by atoms with E-state index in [-0.39, 0.29) is 6.42 Å². The van der Waals surface area contributed by atoms with Crippen molar-refractivity contribution < 1.29 is 19.1 Å². The molecule has 1 aliphatic heterocycles. The summed E-state index contributed by atoms with van der Waals surface area (Å²) in [4.78, 5) is 26.0. The zero-order chi connectivity index (χ0) is 13.1. The first-order valence-electron chi connectivity index (χ1n) is 5.06. The second kappa shape index (κ2) is 5.18. The molecule has 7 heteroatoms. The molecule has 0 saturated carbocycles. The number of hydrogen-bond donors (Lipinski definition) is 1. The van der Waals surface area contributed by atoms with Gasteiger partial charge in [-0.2, -0.15) is 0 Å². The highest BCUT2D eigenvalue weighted by molar-refractivity contribution is 8.14. The molecule has 5 nitrogen and oxygen atoms in total. The second-order valence-electron chi connectivity index (χ2n) is 3.58. The highest BCUT2D eigenvalue weighted by Gasteiger charge is 2.26. The van der Waals surface area contributed by atoms with Gasteiger partial charge >= 0.3 is 0 Å². The predicted molar refractivity (Wildman–Crippen MR) is 63.5 cm³/mol. The number of anilines is 1. The highest BCUT2D eigenvalue weighted by Crippen LogP contribution is 2.23. The number of nitrogens with one attached hydrogen (secondary N) is 1. The van der Waals surface area contributed by atoms with Crippen LogP contribution >= 0.6 is 11.8 Å². The Kier molecular flexibility index (Phi) is 3.61. The van der Waals surface area contributed by atoms with Crippen molar-refractivity contribution in [2.75, 3.05) is 5.32 Å². The van der Waals surface area contributed by atoms with E-state index in [0.29, 0.717) is 5.69 Å². The van der Waals surface area contributed by atoms with Crippen LogP contribution in [0, 0.1) is 5.82 Å². The molecule has 1 aromatic rings. The minimum absolute atomic E-state index is 0.129.